The van der Waals surface area contributed by atoms with Gasteiger partial charge in [-0.2, -0.15) is 0 Å². The van der Waals surface area contributed by atoms with E-state index in [1.54, 1.807) is 18.2 Å². The molecular formula is C17H21NO4. The fourth-order valence-electron chi connectivity index (χ4n) is 2.70. The van der Waals surface area contributed by atoms with E-state index in [1.165, 1.54) is 0 Å². The Hall–Kier alpha value is -2.01. The number of esters is 1. The zero-order valence-corrected chi connectivity index (χ0v) is 12.5. The van der Waals surface area contributed by atoms with Crippen molar-refractivity contribution >= 4 is 17.5 Å². The molecule has 0 heterocycles. The van der Waals surface area contributed by atoms with Gasteiger partial charge in [-0.3, -0.25) is 9.59 Å². The highest BCUT2D eigenvalue weighted by molar-refractivity contribution is 6.02. The summed E-state index contributed by atoms with van der Waals surface area (Å²) in [6.07, 6.45) is 2.47. The molecule has 118 valence electrons. The third kappa shape index (κ3) is 4.24. The molecule has 1 aliphatic carbocycles. The lowest BCUT2D eigenvalue weighted by atomic mass is 9.84. The highest BCUT2D eigenvalue weighted by atomic mass is 16.5. The van der Waals surface area contributed by atoms with E-state index in [-0.39, 0.29) is 43.0 Å². The maximum Gasteiger partial charge on any atom is 0.338 e. The molecule has 1 saturated carbocycles. The van der Waals surface area contributed by atoms with E-state index in [1.807, 2.05) is 6.07 Å². The van der Waals surface area contributed by atoms with Crippen molar-refractivity contribution in [2.24, 2.45) is 11.7 Å². The molecule has 0 aliphatic heterocycles. The lowest BCUT2D eigenvalue weighted by Gasteiger charge is -2.19. The highest BCUT2D eigenvalue weighted by Gasteiger charge is 2.26. The Morgan fingerprint density at radius 3 is 2.77 bits per heavy atom. The number of carbonyl (C=O) groups is 3. The Labute approximate surface area is 129 Å². The van der Waals surface area contributed by atoms with Gasteiger partial charge in [0.15, 0.2) is 0 Å². The van der Waals surface area contributed by atoms with E-state index in [2.05, 4.69) is 0 Å². The first-order valence-corrected chi connectivity index (χ1v) is 7.61. The van der Waals surface area contributed by atoms with Crippen molar-refractivity contribution in [3.8, 4) is 0 Å². The standard InChI is InChI=1S/C17H21NO4/c18-11-13-4-1-2-6-15(13)17(21)22-9-3-5-12-7-8-14(19)10-16(12)20/h1-2,4,6,12H,3,5,7-11,18H2. The average molecular weight is 303 g/mol. The Morgan fingerprint density at radius 1 is 1.27 bits per heavy atom. The van der Waals surface area contributed by atoms with Crippen LogP contribution in [0.15, 0.2) is 24.3 Å². The maximum absolute atomic E-state index is 12.0. The molecule has 0 radical (unpaired) electrons. The minimum atomic E-state index is -0.383. The van der Waals surface area contributed by atoms with Gasteiger partial charge in [0.05, 0.1) is 18.6 Å². The van der Waals surface area contributed by atoms with E-state index >= 15 is 0 Å². The fraction of sp³-hybridized carbons (Fsp3) is 0.471. The minimum absolute atomic E-state index is 0.0241. The van der Waals surface area contributed by atoms with Crippen LogP contribution in [0.4, 0.5) is 0 Å². The fourth-order valence-corrected chi connectivity index (χ4v) is 2.70. The van der Waals surface area contributed by atoms with Gasteiger partial charge in [0.25, 0.3) is 0 Å². The van der Waals surface area contributed by atoms with E-state index in [4.69, 9.17) is 10.5 Å². The van der Waals surface area contributed by atoms with Gasteiger partial charge in [-0.1, -0.05) is 18.2 Å². The summed E-state index contributed by atoms with van der Waals surface area (Å²) in [6.45, 7) is 0.561. The van der Waals surface area contributed by atoms with Gasteiger partial charge in [-0.25, -0.2) is 4.79 Å². The summed E-state index contributed by atoms with van der Waals surface area (Å²) in [5, 5.41) is 0. The van der Waals surface area contributed by atoms with Crippen LogP contribution in [0.1, 0.15) is 48.0 Å². The average Bonchev–Trinajstić information content (AvgIpc) is 2.53. The van der Waals surface area contributed by atoms with Gasteiger partial charge in [0.2, 0.25) is 0 Å². The van der Waals surface area contributed by atoms with Crippen LogP contribution in [0.25, 0.3) is 0 Å². The third-order valence-electron chi connectivity index (χ3n) is 3.99. The summed E-state index contributed by atoms with van der Waals surface area (Å²) in [5.74, 6) is -0.388. The molecule has 1 aromatic rings. The zero-order chi connectivity index (χ0) is 15.9. The largest absolute Gasteiger partial charge is 0.462 e. The van der Waals surface area contributed by atoms with Crippen molar-refractivity contribution < 1.29 is 19.1 Å². The highest BCUT2D eigenvalue weighted by Crippen LogP contribution is 2.22. The Kier molecular flexibility index (Phi) is 5.83. The van der Waals surface area contributed by atoms with Crippen LogP contribution in [-0.4, -0.2) is 24.1 Å². The molecule has 0 spiro atoms. The second kappa shape index (κ2) is 7.84. The van der Waals surface area contributed by atoms with E-state index in [0.717, 1.165) is 5.56 Å². The second-order valence-electron chi connectivity index (χ2n) is 5.56. The molecule has 0 amide bonds. The number of carbonyl (C=O) groups excluding carboxylic acids is 3. The first-order valence-electron chi connectivity index (χ1n) is 7.61. The molecule has 1 fully saturated rings. The number of ether oxygens (including phenoxy) is 1. The van der Waals surface area contributed by atoms with Gasteiger partial charge >= 0.3 is 5.97 Å². The lowest BCUT2D eigenvalue weighted by Crippen LogP contribution is -2.25. The molecule has 0 bridgehead atoms. The summed E-state index contributed by atoms with van der Waals surface area (Å²) in [5.41, 5.74) is 6.84. The number of ketones is 2. The summed E-state index contributed by atoms with van der Waals surface area (Å²) >= 11 is 0. The molecule has 2 rings (SSSR count). The van der Waals surface area contributed by atoms with Crippen LogP contribution in [0.5, 0.6) is 0 Å². The molecule has 2 N–H and O–H groups in total. The monoisotopic (exact) mass is 303 g/mol. The van der Waals surface area contributed by atoms with Crippen LogP contribution in [0.2, 0.25) is 0 Å². The molecule has 1 aromatic carbocycles. The first kappa shape index (κ1) is 16.4. The molecule has 5 heteroatoms. The summed E-state index contributed by atoms with van der Waals surface area (Å²) in [6, 6.07) is 7.09. The Balaban J connectivity index is 1.75. The third-order valence-corrected chi connectivity index (χ3v) is 3.99. The number of hydrogen-bond acceptors (Lipinski definition) is 5. The van der Waals surface area contributed by atoms with E-state index in [0.29, 0.717) is 31.2 Å². The van der Waals surface area contributed by atoms with E-state index in [9.17, 15) is 14.4 Å². The number of rotatable bonds is 6. The Morgan fingerprint density at radius 2 is 2.05 bits per heavy atom. The summed E-state index contributed by atoms with van der Waals surface area (Å²) in [4.78, 5) is 34.8. The van der Waals surface area contributed by atoms with Crippen molar-refractivity contribution in [3.05, 3.63) is 35.4 Å². The predicted molar refractivity (Wildman–Crippen MR) is 81.2 cm³/mol. The number of nitrogens with two attached hydrogens (primary N) is 1. The van der Waals surface area contributed by atoms with Crippen LogP contribution in [-0.2, 0) is 20.9 Å². The molecular weight excluding hydrogens is 282 g/mol. The van der Waals surface area contributed by atoms with Crippen molar-refractivity contribution in [1.29, 1.82) is 0 Å². The van der Waals surface area contributed by atoms with Crippen LogP contribution < -0.4 is 5.73 Å². The SMILES string of the molecule is NCc1ccccc1C(=O)OCCCC1CCC(=O)CC1=O. The summed E-state index contributed by atoms with van der Waals surface area (Å²) in [7, 11) is 0. The van der Waals surface area contributed by atoms with Gasteiger partial charge in [0, 0.05) is 18.9 Å². The first-order chi connectivity index (χ1) is 10.6. The van der Waals surface area contributed by atoms with Gasteiger partial charge in [0.1, 0.15) is 11.6 Å². The number of hydrogen-bond donors (Lipinski definition) is 1. The van der Waals surface area contributed by atoms with E-state index < -0.39 is 0 Å². The molecule has 1 unspecified atom stereocenters. The molecule has 0 aromatic heterocycles. The second-order valence-corrected chi connectivity index (χ2v) is 5.56. The predicted octanol–water partition coefficient (Wildman–Crippen LogP) is 2.02. The molecule has 5 nitrogen and oxygen atoms in total. The quantitative estimate of drug-likeness (QED) is 0.493. The van der Waals surface area contributed by atoms with Gasteiger partial charge in [-0.15, -0.1) is 0 Å². The topological polar surface area (TPSA) is 86.5 Å². The van der Waals surface area contributed by atoms with Crippen molar-refractivity contribution in [2.75, 3.05) is 6.61 Å². The van der Waals surface area contributed by atoms with Crippen LogP contribution in [0, 0.1) is 5.92 Å². The van der Waals surface area contributed by atoms with Crippen molar-refractivity contribution in [2.45, 2.75) is 38.6 Å². The Bertz CT molecular complexity index is 568. The molecule has 0 saturated heterocycles. The molecule has 1 aliphatic rings. The lowest BCUT2D eigenvalue weighted by molar-refractivity contribution is -0.132. The normalized spacial score (nSPS) is 18.3. The van der Waals surface area contributed by atoms with Crippen LogP contribution >= 0.6 is 0 Å². The van der Waals surface area contributed by atoms with Crippen molar-refractivity contribution in [1.82, 2.24) is 0 Å². The van der Waals surface area contributed by atoms with Gasteiger partial charge < -0.3 is 10.5 Å². The minimum Gasteiger partial charge on any atom is -0.462 e. The number of benzene rings is 1. The maximum atomic E-state index is 12.0. The van der Waals surface area contributed by atoms with Crippen LogP contribution in [0.3, 0.4) is 0 Å². The zero-order valence-electron chi connectivity index (χ0n) is 12.5. The van der Waals surface area contributed by atoms with Crippen molar-refractivity contribution in [3.63, 3.8) is 0 Å². The smallest absolute Gasteiger partial charge is 0.338 e. The van der Waals surface area contributed by atoms with Gasteiger partial charge in [-0.05, 0) is 30.9 Å². The molecule has 22 heavy (non-hydrogen) atoms. The summed E-state index contributed by atoms with van der Waals surface area (Å²) < 4.78 is 5.25. The number of Topliss-reactive ketones (excluding diaryl/α,β-unsaturated/α-hetero) is 2. The molecule has 1 atom stereocenters.